The molecule has 0 radical (unpaired) electrons. The summed E-state index contributed by atoms with van der Waals surface area (Å²) in [5.74, 6) is -0.298. The molecular weight excluding hydrogens is 276 g/mol. The maximum atomic E-state index is 6.38. The Labute approximate surface area is 133 Å². The first-order valence-electron chi connectivity index (χ1n) is 8.23. The molecule has 0 aromatic heterocycles. The second kappa shape index (κ2) is 5.93. The molecule has 0 bridgehead atoms. The van der Waals surface area contributed by atoms with E-state index in [4.69, 9.17) is 15.2 Å². The maximum Gasteiger partial charge on any atom is 0.186 e. The summed E-state index contributed by atoms with van der Waals surface area (Å²) in [6.07, 6.45) is 0.173. The average Bonchev–Trinajstić information content (AvgIpc) is 2.82. The number of nitrogens with zero attached hydrogens (tertiary/aromatic N) is 1. The van der Waals surface area contributed by atoms with Crippen LogP contribution in [-0.2, 0) is 16.0 Å². The molecule has 3 atom stereocenters. The van der Waals surface area contributed by atoms with Gasteiger partial charge >= 0.3 is 0 Å². The van der Waals surface area contributed by atoms with E-state index >= 15 is 0 Å². The van der Waals surface area contributed by atoms with Gasteiger partial charge in [0.2, 0.25) is 0 Å². The smallest absolute Gasteiger partial charge is 0.186 e. The molecule has 3 unspecified atom stereocenters. The van der Waals surface area contributed by atoms with Crippen molar-refractivity contribution in [2.75, 3.05) is 26.2 Å². The van der Waals surface area contributed by atoms with Crippen LogP contribution in [0.2, 0.25) is 0 Å². The Hall–Kier alpha value is -0.940. The fraction of sp³-hybridized carbons (Fsp3) is 0.667. The van der Waals surface area contributed by atoms with Crippen molar-refractivity contribution in [2.24, 2.45) is 17.1 Å². The molecule has 1 aromatic rings. The Balaban J connectivity index is 1.73. The quantitative estimate of drug-likeness (QED) is 0.930. The van der Waals surface area contributed by atoms with E-state index in [-0.39, 0.29) is 17.4 Å². The first-order valence-corrected chi connectivity index (χ1v) is 8.23. The predicted molar refractivity (Wildman–Crippen MR) is 87.3 cm³/mol. The van der Waals surface area contributed by atoms with Crippen molar-refractivity contribution in [3.63, 3.8) is 0 Å². The average molecular weight is 304 g/mol. The van der Waals surface area contributed by atoms with Crippen LogP contribution in [0, 0.1) is 11.3 Å². The molecule has 0 saturated carbocycles. The van der Waals surface area contributed by atoms with Gasteiger partial charge in [-0.25, -0.2) is 0 Å². The Morgan fingerprint density at radius 1 is 1.27 bits per heavy atom. The SMILES string of the molecule is CC1OC2(CN(Cc3ccccc3)CC2CN)OCC1(C)C. The minimum absolute atomic E-state index is 0.0528. The molecular formula is C18H28N2O2. The number of benzene rings is 1. The summed E-state index contributed by atoms with van der Waals surface area (Å²) in [6, 6.07) is 10.5. The molecule has 4 nitrogen and oxygen atoms in total. The second-order valence-corrected chi connectivity index (χ2v) is 7.44. The van der Waals surface area contributed by atoms with Crippen molar-refractivity contribution in [1.82, 2.24) is 4.90 Å². The Morgan fingerprint density at radius 3 is 2.64 bits per heavy atom. The van der Waals surface area contributed by atoms with Crippen molar-refractivity contribution < 1.29 is 9.47 Å². The zero-order chi connectivity index (χ0) is 15.8. The van der Waals surface area contributed by atoms with E-state index in [1.165, 1.54) is 5.56 Å². The van der Waals surface area contributed by atoms with Crippen molar-refractivity contribution in [1.29, 1.82) is 0 Å². The second-order valence-electron chi connectivity index (χ2n) is 7.44. The molecule has 2 aliphatic heterocycles. The highest BCUT2D eigenvalue weighted by atomic mass is 16.7. The molecule has 2 aliphatic rings. The summed E-state index contributed by atoms with van der Waals surface area (Å²) >= 11 is 0. The normalized spacial score (nSPS) is 35.1. The lowest BCUT2D eigenvalue weighted by Crippen LogP contribution is -2.57. The van der Waals surface area contributed by atoms with Gasteiger partial charge in [0.25, 0.3) is 0 Å². The van der Waals surface area contributed by atoms with Crippen LogP contribution < -0.4 is 5.73 Å². The summed E-state index contributed by atoms with van der Waals surface area (Å²) in [4.78, 5) is 2.40. The summed E-state index contributed by atoms with van der Waals surface area (Å²) in [5.41, 5.74) is 7.39. The lowest BCUT2D eigenvalue weighted by Gasteiger charge is -2.48. The van der Waals surface area contributed by atoms with Crippen molar-refractivity contribution in [2.45, 2.75) is 39.2 Å². The molecule has 2 heterocycles. The highest BCUT2D eigenvalue weighted by molar-refractivity contribution is 5.15. The molecule has 1 spiro atoms. The summed E-state index contributed by atoms with van der Waals surface area (Å²) < 4.78 is 12.6. The molecule has 2 N–H and O–H groups in total. The lowest BCUT2D eigenvalue weighted by molar-refractivity contribution is -0.332. The molecule has 0 aliphatic carbocycles. The lowest BCUT2D eigenvalue weighted by atomic mass is 9.86. The molecule has 3 rings (SSSR count). The van der Waals surface area contributed by atoms with Crippen molar-refractivity contribution in [3.05, 3.63) is 35.9 Å². The number of rotatable bonds is 3. The standard InChI is InChI=1S/C18H28N2O2/c1-14-17(2,3)13-21-18(22-14)12-20(11-16(18)9-19)10-15-7-5-4-6-8-15/h4-8,14,16H,9-13,19H2,1-3H3. The van der Waals surface area contributed by atoms with Crippen LogP contribution in [-0.4, -0.2) is 43.0 Å². The van der Waals surface area contributed by atoms with E-state index in [2.05, 4.69) is 56.0 Å². The van der Waals surface area contributed by atoms with Gasteiger partial charge < -0.3 is 15.2 Å². The van der Waals surface area contributed by atoms with Gasteiger partial charge in [0.15, 0.2) is 5.79 Å². The minimum atomic E-state index is -0.529. The van der Waals surface area contributed by atoms with Crippen LogP contribution in [0.25, 0.3) is 0 Å². The van der Waals surface area contributed by atoms with E-state index < -0.39 is 5.79 Å². The van der Waals surface area contributed by atoms with E-state index in [0.29, 0.717) is 6.54 Å². The molecule has 0 amide bonds. The van der Waals surface area contributed by atoms with Crippen LogP contribution in [0.1, 0.15) is 26.3 Å². The van der Waals surface area contributed by atoms with Crippen LogP contribution in [0.4, 0.5) is 0 Å². The number of ether oxygens (including phenoxy) is 2. The number of nitrogens with two attached hydrogens (primary N) is 1. The highest BCUT2D eigenvalue weighted by Gasteiger charge is 2.53. The number of hydrogen-bond acceptors (Lipinski definition) is 4. The Morgan fingerprint density at radius 2 is 2.00 bits per heavy atom. The van der Waals surface area contributed by atoms with E-state index in [1.807, 2.05) is 0 Å². The first kappa shape index (κ1) is 15.9. The van der Waals surface area contributed by atoms with Gasteiger partial charge in [-0.05, 0) is 12.5 Å². The third kappa shape index (κ3) is 2.93. The topological polar surface area (TPSA) is 47.7 Å². The Kier molecular flexibility index (Phi) is 4.29. The van der Waals surface area contributed by atoms with Gasteiger partial charge in [0.05, 0.1) is 19.3 Å². The van der Waals surface area contributed by atoms with E-state index in [0.717, 1.165) is 26.2 Å². The summed E-state index contributed by atoms with van der Waals surface area (Å²) in [6.45, 7) is 10.5. The Bertz CT molecular complexity index is 505. The maximum absolute atomic E-state index is 6.38. The van der Waals surface area contributed by atoms with Gasteiger partial charge in [-0.1, -0.05) is 44.2 Å². The van der Waals surface area contributed by atoms with Crippen molar-refractivity contribution in [3.8, 4) is 0 Å². The molecule has 22 heavy (non-hydrogen) atoms. The third-order valence-corrected chi connectivity index (χ3v) is 5.24. The molecule has 2 fully saturated rings. The van der Waals surface area contributed by atoms with Gasteiger partial charge in [0.1, 0.15) is 0 Å². The number of likely N-dealkylation sites (tertiary alicyclic amines) is 1. The fourth-order valence-electron chi connectivity index (χ4n) is 3.39. The fourth-order valence-corrected chi connectivity index (χ4v) is 3.39. The summed E-state index contributed by atoms with van der Waals surface area (Å²) in [7, 11) is 0. The molecule has 4 heteroatoms. The zero-order valence-electron chi connectivity index (χ0n) is 13.9. The van der Waals surface area contributed by atoms with Gasteiger partial charge in [0, 0.05) is 31.0 Å². The van der Waals surface area contributed by atoms with Crippen LogP contribution >= 0.6 is 0 Å². The van der Waals surface area contributed by atoms with Crippen LogP contribution in [0.5, 0.6) is 0 Å². The number of hydrogen-bond donors (Lipinski definition) is 1. The first-order chi connectivity index (χ1) is 10.5. The monoisotopic (exact) mass is 304 g/mol. The van der Waals surface area contributed by atoms with Crippen LogP contribution in [0.15, 0.2) is 30.3 Å². The molecule has 1 aromatic carbocycles. The predicted octanol–water partition coefficient (Wildman–Crippen LogP) is 2.23. The molecule has 122 valence electrons. The highest BCUT2D eigenvalue weighted by Crippen LogP contribution is 2.42. The van der Waals surface area contributed by atoms with Crippen molar-refractivity contribution >= 4 is 0 Å². The van der Waals surface area contributed by atoms with E-state index in [1.54, 1.807) is 0 Å². The van der Waals surface area contributed by atoms with Gasteiger partial charge in [-0.2, -0.15) is 0 Å². The van der Waals surface area contributed by atoms with Crippen LogP contribution in [0.3, 0.4) is 0 Å². The van der Waals surface area contributed by atoms with Gasteiger partial charge in [-0.15, -0.1) is 0 Å². The summed E-state index contributed by atoms with van der Waals surface area (Å²) in [5, 5.41) is 0. The zero-order valence-corrected chi connectivity index (χ0v) is 13.9. The van der Waals surface area contributed by atoms with Gasteiger partial charge in [-0.3, -0.25) is 4.90 Å². The molecule has 2 saturated heterocycles. The minimum Gasteiger partial charge on any atom is -0.348 e. The largest absolute Gasteiger partial charge is 0.348 e. The van der Waals surface area contributed by atoms with E-state index in [9.17, 15) is 0 Å². The third-order valence-electron chi connectivity index (χ3n) is 5.24.